The number of hydrogen-bond donors (Lipinski definition) is 0. The molecule has 2 heterocycles. The standard InChI is InChI=1S/C19H19N4OP/c1-14-17-19(23(21-14)16-12-8-5-9-13-16)20-18(22(2)25(17)24-3)15-10-6-4-7-11-15/h4-13H,1-3H3. The first-order valence-electron chi connectivity index (χ1n) is 8.07. The fourth-order valence-electron chi connectivity index (χ4n) is 3.04. The van der Waals surface area contributed by atoms with E-state index in [0.29, 0.717) is 0 Å². The molecule has 1 aromatic heterocycles. The predicted octanol–water partition coefficient (Wildman–Crippen LogP) is 3.79. The number of rotatable bonds is 3. The molecule has 0 saturated heterocycles. The molecule has 0 amide bonds. The molecule has 25 heavy (non-hydrogen) atoms. The van der Waals surface area contributed by atoms with Gasteiger partial charge < -0.3 is 9.19 Å². The molecule has 2 aromatic carbocycles. The van der Waals surface area contributed by atoms with Crippen LogP contribution in [0.15, 0.2) is 65.7 Å². The third-order valence-corrected chi connectivity index (χ3v) is 6.18. The van der Waals surface area contributed by atoms with E-state index in [2.05, 4.69) is 16.8 Å². The smallest absolute Gasteiger partial charge is 0.173 e. The maximum absolute atomic E-state index is 5.87. The molecule has 0 bridgehead atoms. The first kappa shape index (κ1) is 16.0. The second kappa shape index (κ2) is 6.43. The molecule has 3 aromatic rings. The van der Waals surface area contributed by atoms with Crippen LogP contribution in [0.4, 0.5) is 5.82 Å². The Labute approximate surface area is 148 Å². The maximum atomic E-state index is 5.87. The summed E-state index contributed by atoms with van der Waals surface area (Å²) in [5.74, 6) is 1.76. The molecule has 1 unspecified atom stereocenters. The van der Waals surface area contributed by atoms with Crippen LogP contribution in [0.3, 0.4) is 0 Å². The summed E-state index contributed by atoms with van der Waals surface area (Å²) in [5.41, 5.74) is 3.02. The van der Waals surface area contributed by atoms with Crippen LogP contribution in [-0.4, -0.2) is 34.4 Å². The van der Waals surface area contributed by atoms with Gasteiger partial charge in [-0.2, -0.15) is 5.10 Å². The van der Waals surface area contributed by atoms with Crippen molar-refractivity contribution in [2.24, 2.45) is 4.99 Å². The Morgan fingerprint density at radius 1 is 0.960 bits per heavy atom. The van der Waals surface area contributed by atoms with Gasteiger partial charge in [-0.3, -0.25) is 0 Å². The zero-order chi connectivity index (χ0) is 17.4. The minimum atomic E-state index is -0.981. The molecule has 0 radical (unpaired) electrons. The second-order valence-electron chi connectivity index (χ2n) is 5.79. The van der Waals surface area contributed by atoms with Gasteiger partial charge in [0, 0.05) is 19.7 Å². The van der Waals surface area contributed by atoms with Gasteiger partial charge in [0.25, 0.3) is 0 Å². The van der Waals surface area contributed by atoms with E-state index in [1.54, 1.807) is 7.11 Å². The van der Waals surface area contributed by atoms with Gasteiger partial charge in [-0.25, -0.2) is 9.67 Å². The normalized spacial score (nSPS) is 16.5. The Kier molecular flexibility index (Phi) is 4.12. The molecular weight excluding hydrogens is 331 g/mol. The predicted molar refractivity (Wildman–Crippen MR) is 102 cm³/mol. The van der Waals surface area contributed by atoms with Crippen LogP contribution in [0.1, 0.15) is 11.3 Å². The number of hydrogen-bond acceptors (Lipinski definition) is 4. The highest BCUT2D eigenvalue weighted by Crippen LogP contribution is 2.47. The van der Waals surface area contributed by atoms with Gasteiger partial charge >= 0.3 is 0 Å². The first-order chi connectivity index (χ1) is 12.2. The fraction of sp³-hybridized carbons (Fsp3) is 0.158. The van der Waals surface area contributed by atoms with Gasteiger partial charge in [0.05, 0.1) is 16.7 Å². The average molecular weight is 350 g/mol. The van der Waals surface area contributed by atoms with Crippen molar-refractivity contribution in [2.75, 3.05) is 14.2 Å². The third-order valence-electron chi connectivity index (χ3n) is 4.19. The molecule has 6 heteroatoms. The largest absolute Gasteiger partial charge is 0.339 e. The number of aliphatic imine (C=N–C) groups is 1. The van der Waals surface area contributed by atoms with E-state index in [0.717, 1.165) is 33.9 Å². The van der Waals surface area contributed by atoms with Gasteiger partial charge in [-0.15, -0.1) is 0 Å². The van der Waals surface area contributed by atoms with Crippen LogP contribution >= 0.6 is 8.30 Å². The number of benzene rings is 2. The Hall–Kier alpha value is -2.49. The van der Waals surface area contributed by atoms with Crippen LogP contribution in [0, 0.1) is 6.92 Å². The number of para-hydroxylation sites is 1. The van der Waals surface area contributed by atoms with Crippen LogP contribution in [-0.2, 0) is 4.52 Å². The number of amidine groups is 1. The number of aryl methyl sites for hydroxylation is 1. The number of nitrogens with zero attached hydrogens (tertiary/aromatic N) is 4. The summed E-state index contributed by atoms with van der Waals surface area (Å²) >= 11 is 0. The van der Waals surface area contributed by atoms with Crippen molar-refractivity contribution in [3.05, 3.63) is 71.9 Å². The molecule has 0 saturated carbocycles. The van der Waals surface area contributed by atoms with Gasteiger partial charge in [0.2, 0.25) is 0 Å². The molecule has 0 spiro atoms. The third kappa shape index (κ3) is 2.66. The summed E-state index contributed by atoms with van der Waals surface area (Å²) in [6.07, 6.45) is 0. The SMILES string of the molecule is COP1c2c(C)nn(-c3ccccc3)c2N=C(c2ccccc2)N1C. The summed E-state index contributed by atoms with van der Waals surface area (Å²) in [7, 11) is 2.80. The quantitative estimate of drug-likeness (QED) is 0.675. The van der Waals surface area contributed by atoms with E-state index >= 15 is 0 Å². The topological polar surface area (TPSA) is 42.6 Å². The average Bonchev–Trinajstić information content (AvgIpc) is 2.99. The van der Waals surface area contributed by atoms with E-state index in [-0.39, 0.29) is 0 Å². The van der Waals surface area contributed by atoms with Crippen LogP contribution in [0.5, 0.6) is 0 Å². The van der Waals surface area contributed by atoms with Crippen molar-refractivity contribution in [1.82, 2.24) is 14.5 Å². The molecule has 126 valence electrons. The summed E-state index contributed by atoms with van der Waals surface area (Å²) in [5, 5.41) is 5.82. The summed E-state index contributed by atoms with van der Waals surface area (Å²) < 4.78 is 9.90. The highest BCUT2D eigenvalue weighted by atomic mass is 31.2. The number of fused-ring (bicyclic) bond motifs is 1. The lowest BCUT2D eigenvalue weighted by molar-refractivity contribution is 0.441. The Morgan fingerprint density at radius 3 is 2.24 bits per heavy atom. The van der Waals surface area contributed by atoms with E-state index in [4.69, 9.17) is 14.6 Å². The van der Waals surface area contributed by atoms with Crippen molar-refractivity contribution in [3.63, 3.8) is 0 Å². The van der Waals surface area contributed by atoms with Crippen molar-refractivity contribution >= 4 is 25.3 Å². The van der Waals surface area contributed by atoms with Crippen LogP contribution in [0.25, 0.3) is 5.69 Å². The van der Waals surface area contributed by atoms with Crippen molar-refractivity contribution in [1.29, 1.82) is 0 Å². The van der Waals surface area contributed by atoms with Gasteiger partial charge in [0.15, 0.2) is 14.1 Å². The zero-order valence-corrected chi connectivity index (χ0v) is 15.3. The molecule has 5 nitrogen and oxygen atoms in total. The molecule has 1 atom stereocenters. The van der Waals surface area contributed by atoms with Crippen molar-refractivity contribution in [2.45, 2.75) is 6.92 Å². The van der Waals surface area contributed by atoms with Gasteiger partial charge in [-0.05, 0) is 19.1 Å². The van der Waals surface area contributed by atoms with E-state index in [1.165, 1.54) is 0 Å². The molecule has 0 aliphatic carbocycles. The van der Waals surface area contributed by atoms with Gasteiger partial charge in [-0.1, -0.05) is 48.5 Å². The summed E-state index contributed by atoms with van der Waals surface area (Å²) in [6, 6.07) is 20.3. The Balaban J connectivity index is 1.95. The lowest BCUT2D eigenvalue weighted by Crippen LogP contribution is -2.31. The van der Waals surface area contributed by atoms with Gasteiger partial charge in [0.1, 0.15) is 5.84 Å². The lowest BCUT2D eigenvalue weighted by Gasteiger charge is -2.32. The van der Waals surface area contributed by atoms with Crippen molar-refractivity contribution in [3.8, 4) is 5.69 Å². The monoisotopic (exact) mass is 350 g/mol. The highest BCUT2D eigenvalue weighted by Gasteiger charge is 2.34. The van der Waals surface area contributed by atoms with Crippen LogP contribution < -0.4 is 5.30 Å². The summed E-state index contributed by atoms with van der Waals surface area (Å²) in [4.78, 5) is 4.97. The molecular formula is C19H19N4OP. The minimum absolute atomic E-state index is 0.855. The molecule has 1 aliphatic heterocycles. The molecule has 4 rings (SSSR count). The first-order valence-corrected chi connectivity index (χ1v) is 9.29. The highest BCUT2D eigenvalue weighted by molar-refractivity contribution is 7.59. The molecule has 0 fully saturated rings. The second-order valence-corrected chi connectivity index (χ2v) is 7.74. The Morgan fingerprint density at radius 2 is 1.60 bits per heavy atom. The molecule has 1 aliphatic rings. The summed E-state index contributed by atoms with van der Waals surface area (Å²) in [6.45, 7) is 2.02. The van der Waals surface area contributed by atoms with E-state index in [9.17, 15) is 0 Å². The van der Waals surface area contributed by atoms with Crippen LogP contribution in [0.2, 0.25) is 0 Å². The fourth-order valence-corrected chi connectivity index (χ4v) is 4.74. The zero-order valence-electron chi connectivity index (χ0n) is 14.4. The van der Waals surface area contributed by atoms with E-state index < -0.39 is 8.30 Å². The Bertz CT molecular complexity index is 921. The lowest BCUT2D eigenvalue weighted by atomic mass is 10.2. The molecule has 0 N–H and O–H groups in total. The maximum Gasteiger partial charge on any atom is 0.173 e. The minimum Gasteiger partial charge on any atom is -0.339 e. The number of aromatic nitrogens is 2. The van der Waals surface area contributed by atoms with Crippen molar-refractivity contribution < 1.29 is 4.52 Å². The van der Waals surface area contributed by atoms with E-state index in [1.807, 2.05) is 67.2 Å².